The van der Waals surface area contributed by atoms with Crippen molar-refractivity contribution >= 4 is 17.5 Å². The van der Waals surface area contributed by atoms with E-state index in [1.807, 2.05) is 27.7 Å². The van der Waals surface area contributed by atoms with Crippen LogP contribution < -0.4 is 0 Å². The fraction of sp³-hybridized carbons (Fsp3) is 0.885. The Morgan fingerprint density at radius 3 is 1.97 bits per heavy atom. The molecule has 1 fully saturated rings. The SMILES string of the molecule is CC[C@H]1OC(=O)[C@H](C)C(=O)[C@H](C)[C@@H](C(C)(C)C)[C@](C)(OC)C[C@@H](C)C(=O)[C@H](C)[C@@H](O)[C@]1(C)O. The highest BCUT2D eigenvalue weighted by Gasteiger charge is 2.51. The second-order valence-corrected chi connectivity index (χ2v) is 11.6. The molecule has 1 rings (SSSR count). The van der Waals surface area contributed by atoms with E-state index < -0.39 is 53.1 Å². The number of aliphatic hydroxyl groups is 2. The van der Waals surface area contributed by atoms with Crippen LogP contribution in [0.3, 0.4) is 0 Å². The van der Waals surface area contributed by atoms with Crippen molar-refractivity contribution in [1.29, 1.82) is 0 Å². The van der Waals surface area contributed by atoms with Crippen LogP contribution in [0.15, 0.2) is 0 Å². The topological polar surface area (TPSA) is 110 Å². The Kier molecular flexibility index (Phi) is 9.48. The van der Waals surface area contributed by atoms with Crippen LogP contribution in [0.2, 0.25) is 0 Å². The molecule has 1 heterocycles. The molecule has 0 amide bonds. The summed E-state index contributed by atoms with van der Waals surface area (Å²) in [5.74, 6) is -4.53. The Labute approximate surface area is 199 Å². The first-order valence-electron chi connectivity index (χ1n) is 12.1. The summed E-state index contributed by atoms with van der Waals surface area (Å²) < 4.78 is 11.5. The van der Waals surface area contributed by atoms with Crippen LogP contribution in [-0.2, 0) is 23.9 Å². The first-order valence-corrected chi connectivity index (χ1v) is 12.1. The van der Waals surface area contributed by atoms with Gasteiger partial charge in [0.25, 0.3) is 0 Å². The van der Waals surface area contributed by atoms with E-state index >= 15 is 0 Å². The summed E-state index contributed by atoms with van der Waals surface area (Å²) in [6, 6.07) is 0. The third-order valence-corrected chi connectivity index (χ3v) is 7.79. The van der Waals surface area contributed by atoms with E-state index in [9.17, 15) is 24.6 Å². The number of carbonyl (C=O) groups is 3. The number of carbonyl (C=O) groups excluding carboxylic acids is 3. The number of ketones is 2. The number of aliphatic hydroxyl groups excluding tert-OH is 1. The molecule has 0 radical (unpaired) electrons. The van der Waals surface area contributed by atoms with E-state index in [1.165, 1.54) is 13.8 Å². The quantitative estimate of drug-likeness (QED) is 0.469. The molecule has 0 unspecified atom stereocenters. The van der Waals surface area contributed by atoms with E-state index in [0.29, 0.717) is 6.42 Å². The highest BCUT2D eigenvalue weighted by molar-refractivity contribution is 6.00. The van der Waals surface area contributed by atoms with Gasteiger partial charge in [0.1, 0.15) is 29.2 Å². The van der Waals surface area contributed by atoms with Crippen LogP contribution in [0.4, 0.5) is 0 Å². The number of hydrogen-bond acceptors (Lipinski definition) is 7. The second kappa shape index (κ2) is 10.5. The van der Waals surface area contributed by atoms with Crippen molar-refractivity contribution in [3.63, 3.8) is 0 Å². The summed E-state index contributed by atoms with van der Waals surface area (Å²) >= 11 is 0. The molecule has 33 heavy (non-hydrogen) atoms. The largest absolute Gasteiger partial charge is 0.459 e. The van der Waals surface area contributed by atoms with Crippen molar-refractivity contribution < 1.29 is 34.1 Å². The monoisotopic (exact) mass is 470 g/mol. The van der Waals surface area contributed by atoms with Gasteiger partial charge in [-0.05, 0) is 39.0 Å². The average Bonchev–Trinajstić information content (AvgIpc) is 2.72. The van der Waals surface area contributed by atoms with E-state index in [2.05, 4.69) is 0 Å². The maximum Gasteiger partial charge on any atom is 0.316 e. The summed E-state index contributed by atoms with van der Waals surface area (Å²) in [6.45, 7) is 17.7. The molecule has 0 aliphatic carbocycles. The summed E-state index contributed by atoms with van der Waals surface area (Å²) in [5.41, 5.74) is -3.09. The van der Waals surface area contributed by atoms with Crippen LogP contribution in [0.5, 0.6) is 0 Å². The Hall–Kier alpha value is -1.31. The van der Waals surface area contributed by atoms with Gasteiger partial charge in [-0.3, -0.25) is 14.4 Å². The normalized spacial score (nSPS) is 42.6. The van der Waals surface area contributed by atoms with Gasteiger partial charge in [-0.25, -0.2) is 0 Å². The van der Waals surface area contributed by atoms with Crippen molar-refractivity contribution in [2.45, 2.75) is 105 Å². The summed E-state index contributed by atoms with van der Waals surface area (Å²) in [6.07, 6.45) is -1.97. The molecule has 7 nitrogen and oxygen atoms in total. The van der Waals surface area contributed by atoms with E-state index in [-0.39, 0.29) is 29.3 Å². The lowest BCUT2D eigenvalue weighted by atomic mass is 9.61. The minimum Gasteiger partial charge on any atom is -0.459 e. The molecule has 1 aliphatic heterocycles. The Morgan fingerprint density at radius 2 is 1.55 bits per heavy atom. The number of hydrogen-bond donors (Lipinski definition) is 2. The maximum absolute atomic E-state index is 13.5. The van der Waals surface area contributed by atoms with Crippen LogP contribution >= 0.6 is 0 Å². The maximum atomic E-state index is 13.5. The van der Waals surface area contributed by atoms with E-state index in [0.717, 1.165) is 0 Å². The van der Waals surface area contributed by atoms with Gasteiger partial charge in [-0.15, -0.1) is 0 Å². The lowest BCUT2D eigenvalue weighted by molar-refractivity contribution is -0.191. The van der Waals surface area contributed by atoms with Gasteiger partial charge in [-0.2, -0.15) is 0 Å². The first-order chi connectivity index (χ1) is 14.9. The van der Waals surface area contributed by atoms with Gasteiger partial charge >= 0.3 is 5.97 Å². The molecule has 0 aromatic heterocycles. The third-order valence-electron chi connectivity index (χ3n) is 7.79. The van der Waals surface area contributed by atoms with Crippen molar-refractivity contribution in [2.24, 2.45) is 35.0 Å². The van der Waals surface area contributed by atoms with Crippen molar-refractivity contribution in [1.82, 2.24) is 0 Å². The minimum absolute atomic E-state index is 0.217. The molecule has 9 atom stereocenters. The fourth-order valence-electron chi connectivity index (χ4n) is 6.07. The number of ether oxygens (including phenoxy) is 2. The van der Waals surface area contributed by atoms with Gasteiger partial charge in [0.15, 0.2) is 0 Å². The van der Waals surface area contributed by atoms with Crippen LogP contribution in [0.25, 0.3) is 0 Å². The van der Waals surface area contributed by atoms with Crippen molar-refractivity contribution in [3.8, 4) is 0 Å². The van der Waals surface area contributed by atoms with Crippen molar-refractivity contribution in [3.05, 3.63) is 0 Å². The lowest BCUT2D eigenvalue weighted by Crippen LogP contribution is -2.57. The first kappa shape index (κ1) is 29.7. The molecule has 1 aliphatic rings. The predicted molar refractivity (Wildman–Crippen MR) is 126 cm³/mol. The van der Waals surface area contributed by atoms with Crippen LogP contribution in [0, 0.1) is 35.0 Å². The Balaban J connectivity index is 3.69. The highest BCUT2D eigenvalue weighted by atomic mass is 16.6. The zero-order chi connectivity index (χ0) is 26.1. The van der Waals surface area contributed by atoms with Gasteiger partial charge < -0.3 is 19.7 Å². The standard InChI is InChI=1S/C26H46O7/c1-12-18-26(10,31)22(29)16(4)19(27)14(2)13-25(9,32-11)21(24(6,7)8)15(3)20(28)17(5)23(30)33-18/h14-18,21-22,29,31H,12-13H2,1-11H3/t14-,15+,16+,17-,18-,21+,22-,25-,26-/m1/s1. The Bertz CT molecular complexity index is 723. The van der Waals surface area contributed by atoms with Crippen LogP contribution in [-0.4, -0.2) is 58.3 Å². The molecular formula is C26H46O7. The zero-order valence-corrected chi connectivity index (χ0v) is 22.4. The molecule has 2 N–H and O–H groups in total. The average molecular weight is 471 g/mol. The van der Waals surface area contributed by atoms with E-state index in [4.69, 9.17) is 9.47 Å². The zero-order valence-electron chi connectivity index (χ0n) is 22.4. The second-order valence-electron chi connectivity index (χ2n) is 11.6. The molecular weight excluding hydrogens is 424 g/mol. The molecule has 0 bridgehead atoms. The molecule has 0 saturated carbocycles. The third kappa shape index (κ3) is 6.04. The smallest absolute Gasteiger partial charge is 0.316 e. The summed E-state index contributed by atoms with van der Waals surface area (Å²) in [5, 5.41) is 22.1. The summed E-state index contributed by atoms with van der Waals surface area (Å²) in [7, 11) is 1.57. The van der Waals surface area contributed by atoms with Gasteiger partial charge in [-0.1, -0.05) is 48.5 Å². The number of Topliss-reactive ketones (excluding diaryl/α,β-unsaturated/α-hetero) is 2. The van der Waals surface area contributed by atoms with Gasteiger partial charge in [0.05, 0.1) is 11.7 Å². The highest BCUT2D eigenvalue weighted by Crippen LogP contribution is 2.46. The molecule has 192 valence electrons. The predicted octanol–water partition coefficient (Wildman–Crippen LogP) is 3.57. The van der Waals surface area contributed by atoms with Gasteiger partial charge in [0, 0.05) is 30.8 Å². The Morgan fingerprint density at radius 1 is 1.03 bits per heavy atom. The van der Waals surface area contributed by atoms with Crippen LogP contribution in [0.1, 0.15) is 82.1 Å². The van der Waals surface area contributed by atoms with Crippen molar-refractivity contribution in [2.75, 3.05) is 7.11 Å². The molecule has 0 aromatic carbocycles. The number of rotatable bonds is 2. The summed E-state index contributed by atoms with van der Waals surface area (Å²) in [4.78, 5) is 39.8. The minimum atomic E-state index is -1.86. The molecule has 0 aromatic rings. The van der Waals surface area contributed by atoms with Gasteiger partial charge in [0.2, 0.25) is 0 Å². The molecule has 0 spiro atoms. The lowest BCUT2D eigenvalue weighted by Gasteiger charge is -2.48. The molecule has 1 saturated heterocycles. The van der Waals surface area contributed by atoms with E-state index in [1.54, 1.807) is 34.8 Å². The fourth-order valence-corrected chi connectivity index (χ4v) is 6.07. The number of methoxy groups -OCH3 is 1. The number of cyclic esters (lactones) is 1. The molecule has 7 heteroatoms. The number of esters is 1.